The molecule has 0 saturated heterocycles. The summed E-state index contributed by atoms with van der Waals surface area (Å²) >= 11 is 0. The third kappa shape index (κ3) is 4.60. The van der Waals surface area contributed by atoms with Gasteiger partial charge in [0.05, 0.1) is 18.1 Å². The van der Waals surface area contributed by atoms with Crippen LogP contribution in [0.2, 0.25) is 0 Å². The highest BCUT2D eigenvalue weighted by molar-refractivity contribution is 5.83. The van der Waals surface area contributed by atoms with Crippen molar-refractivity contribution in [2.75, 3.05) is 12.4 Å². The zero-order valence-corrected chi connectivity index (χ0v) is 16.8. The van der Waals surface area contributed by atoms with Gasteiger partial charge in [-0.3, -0.25) is 4.79 Å². The highest BCUT2D eigenvalue weighted by Crippen LogP contribution is 2.20. The summed E-state index contributed by atoms with van der Waals surface area (Å²) in [6.45, 7) is 1.29. The first-order valence-electron chi connectivity index (χ1n) is 9.85. The molecule has 0 aliphatic heterocycles. The molecule has 0 radical (unpaired) electrons. The van der Waals surface area contributed by atoms with Gasteiger partial charge in [0.2, 0.25) is 11.9 Å². The van der Waals surface area contributed by atoms with Crippen molar-refractivity contribution < 1.29 is 9.53 Å². The van der Waals surface area contributed by atoms with Crippen molar-refractivity contribution in [3.8, 4) is 5.75 Å². The molecule has 1 heterocycles. The Labute approximate surface area is 175 Å². The Bertz CT molecular complexity index is 1120. The Balaban J connectivity index is 1.46. The predicted octanol–water partition coefficient (Wildman–Crippen LogP) is 3.97. The van der Waals surface area contributed by atoms with Crippen molar-refractivity contribution in [2.24, 2.45) is 0 Å². The van der Waals surface area contributed by atoms with Gasteiger partial charge in [-0.15, -0.1) is 0 Å². The number of para-hydroxylation sites is 2. The maximum atomic E-state index is 12.7. The first-order valence-corrected chi connectivity index (χ1v) is 9.85. The molecule has 0 spiro atoms. The average Bonchev–Trinajstić information content (AvgIpc) is 3.14. The molecule has 1 amide bonds. The molecule has 0 atom stereocenters. The van der Waals surface area contributed by atoms with E-state index < -0.39 is 0 Å². The lowest BCUT2D eigenvalue weighted by Crippen LogP contribution is -2.27. The average molecular weight is 400 g/mol. The SMILES string of the molecule is COc1ccc(CNC(=O)Cn2c(NCc3ccccc3)nc3ccccc32)cc1. The lowest BCUT2D eigenvalue weighted by atomic mass is 10.2. The van der Waals surface area contributed by atoms with E-state index in [0.29, 0.717) is 19.0 Å². The van der Waals surface area contributed by atoms with Gasteiger partial charge in [0.1, 0.15) is 12.3 Å². The molecule has 0 aliphatic carbocycles. The van der Waals surface area contributed by atoms with Crippen LogP contribution in [0.3, 0.4) is 0 Å². The van der Waals surface area contributed by atoms with Gasteiger partial charge in [-0.2, -0.15) is 0 Å². The maximum Gasteiger partial charge on any atom is 0.240 e. The van der Waals surface area contributed by atoms with Crippen molar-refractivity contribution in [1.82, 2.24) is 14.9 Å². The van der Waals surface area contributed by atoms with Crippen molar-refractivity contribution >= 4 is 22.9 Å². The summed E-state index contributed by atoms with van der Waals surface area (Å²) in [6.07, 6.45) is 0. The third-order valence-corrected chi connectivity index (χ3v) is 4.90. The van der Waals surface area contributed by atoms with Crippen LogP contribution in [0.25, 0.3) is 11.0 Å². The summed E-state index contributed by atoms with van der Waals surface area (Å²) in [6, 6.07) is 25.6. The molecule has 0 unspecified atom stereocenters. The van der Waals surface area contributed by atoms with Crippen LogP contribution in [0.15, 0.2) is 78.9 Å². The number of nitrogens with one attached hydrogen (secondary N) is 2. The second-order valence-corrected chi connectivity index (χ2v) is 6.97. The minimum Gasteiger partial charge on any atom is -0.497 e. The summed E-state index contributed by atoms with van der Waals surface area (Å²) in [5, 5.41) is 6.35. The topological polar surface area (TPSA) is 68.2 Å². The molecule has 4 rings (SSSR count). The number of fused-ring (bicyclic) bond motifs is 1. The lowest BCUT2D eigenvalue weighted by molar-refractivity contribution is -0.121. The summed E-state index contributed by atoms with van der Waals surface area (Å²) in [4.78, 5) is 17.3. The van der Waals surface area contributed by atoms with Crippen molar-refractivity contribution in [2.45, 2.75) is 19.6 Å². The molecule has 6 heteroatoms. The van der Waals surface area contributed by atoms with Gasteiger partial charge < -0.3 is 19.9 Å². The van der Waals surface area contributed by atoms with E-state index in [2.05, 4.69) is 27.8 Å². The van der Waals surface area contributed by atoms with Crippen LogP contribution in [0.4, 0.5) is 5.95 Å². The number of carbonyl (C=O) groups is 1. The molecule has 152 valence electrons. The first kappa shape index (κ1) is 19.5. The van der Waals surface area contributed by atoms with Gasteiger partial charge >= 0.3 is 0 Å². The van der Waals surface area contributed by atoms with Crippen molar-refractivity contribution in [1.29, 1.82) is 0 Å². The number of amides is 1. The number of anilines is 1. The highest BCUT2D eigenvalue weighted by Gasteiger charge is 2.13. The van der Waals surface area contributed by atoms with E-state index in [9.17, 15) is 4.79 Å². The smallest absolute Gasteiger partial charge is 0.240 e. The normalized spacial score (nSPS) is 10.7. The number of imidazole rings is 1. The Morgan fingerprint density at radius 2 is 1.60 bits per heavy atom. The van der Waals surface area contributed by atoms with E-state index in [1.54, 1.807) is 7.11 Å². The third-order valence-electron chi connectivity index (χ3n) is 4.90. The largest absolute Gasteiger partial charge is 0.497 e. The van der Waals surface area contributed by atoms with E-state index >= 15 is 0 Å². The number of benzene rings is 3. The van der Waals surface area contributed by atoms with Crippen LogP contribution in [-0.4, -0.2) is 22.6 Å². The fourth-order valence-electron chi connectivity index (χ4n) is 3.29. The van der Waals surface area contributed by atoms with E-state index in [4.69, 9.17) is 4.74 Å². The first-order chi connectivity index (χ1) is 14.7. The van der Waals surface area contributed by atoms with E-state index in [1.807, 2.05) is 71.3 Å². The second kappa shape index (κ2) is 9.13. The molecule has 2 N–H and O–H groups in total. The molecule has 4 aromatic rings. The monoisotopic (exact) mass is 400 g/mol. The van der Waals surface area contributed by atoms with Crippen molar-refractivity contribution in [3.63, 3.8) is 0 Å². The molecule has 0 fully saturated rings. The number of methoxy groups -OCH3 is 1. The molecule has 6 nitrogen and oxygen atoms in total. The van der Waals surface area contributed by atoms with E-state index in [0.717, 1.165) is 27.9 Å². The minimum atomic E-state index is -0.0725. The number of ether oxygens (including phenoxy) is 1. The van der Waals surface area contributed by atoms with Gasteiger partial charge in [-0.1, -0.05) is 54.6 Å². The fraction of sp³-hybridized carbons (Fsp3) is 0.167. The van der Waals surface area contributed by atoms with Gasteiger partial charge in [0.25, 0.3) is 0 Å². The molecule has 1 aromatic heterocycles. The number of aromatic nitrogens is 2. The van der Waals surface area contributed by atoms with Crippen LogP contribution >= 0.6 is 0 Å². The Hall–Kier alpha value is -3.80. The molecule has 30 heavy (non-hydrogen) atoms. The maximum absolute atomic E-state index is 12.7. The number of nitrogens with zero attached hydrogens (tertiary/aromatic N) is 2. The van der Waals surface area contributed by atoms with Crippen LogP contribution in [0, 0.1) is 0 Å². The van der Waals surface area contributed by atoms with Gasteiger partial charge in [-0.25, -0.2) is 4.98 Å². The Morgan fingerprint density at radius 1 is 0.900 bits per heavy atom. The van der Waals surface area contributed by atoms with Gasteiger partial charge in [0, 0.05) is 13.1 Å². The van der Waals surface area contributed by atoms with Crippen LogP contribution in [0.1, 0.15) is 11.1 Å². The molecule has 0 saturated carbocycles. The molecular weight excluding hydrogens is 376 g/mol. The number of hydrogen-bond acceptors (Lipinski definition) is 4. The Morgan fingerprint density at radius 3 is 2.37 bits per heavy atom. The van der Waals surface area contributed by atoms with Gasteiger partial charge in [-0.05, 0) is 35.4 Å². The molecule has 0 bridgehead atoms. The quantitative estimate of drug-likeness (QED) is 0.470. The van der Waals surface area contributed by atoms with Crippen LogP contribution in [0.5, 0.6) is 5.75 Å². The number of rotatable bonds is 8. The summed E-state index contributed by atoms with van der Waals surface area (Å²) < 4.78 is 7.09. The van der Waals surface area contributed by atoms with Crippen molar-refractivity contribution in [3.05, 3.63) is 90.0 Å². The standard InChI is InChI=1S/C24H24N4O2/c1-30-20-13-11-19(12-14-20)15-25-23(29)17-28-22-10-6-5-9-21(22)27-24(28)26-16-18-7-3-2-4-8-18/h2-14H,15-17H2,1H3,(H,25,29)(H,26,27). The molecule has 3 aromatic carbocycles. The minimum absolute atomic E-state index is 0.0725. The predicted molar refractivity (Wildman–Crippen MR) is 118 cm³/mol. The fourth-order valence-corrected chi connectivity index (χ4v) is 3.29. The summed E-state index contributed by atoms with van der Waals surface area (Å²) in [7, 11) is 1.63. The second-order valence-electron chi connectivity index (χ2n) is 6.97. The summed E-state index contributed by atoms with van der Waals surface area (Å²) in [5.41, 5.74) is 3.95. The molecular formula is C24H24N4O2. The number of hydrogen-bond donors (Lipinski definition) is 2. The number of carbonyl (C=O) groups excluding carboxylic acids is 1. The zero-order chi connectivity index (χ0) is 20.8. The highest BCUT2D eigenvalue weighted by atomic mass is 16.5. The zero-order valence-electron chi connectivity index (χ0n) is 16.8. The summed E-state index contributed by atoms with van der Waals surface area (Å²) in [5.74, 6) is 1.40. The van der Waals surface area contributed by atoms with E-state index in [1.165, 1.54) is 0 Å². The van der Waals surface area contributed by atoms with E-state index in [-0.39, 0.29) is 12.5 Å². The Kier molecular flexibility index (Phi) is 5.94. The van der Waals surface area contributed by atoms with Crippen LogP contribution < -0.4 is 15.4 Å². The van der Waals surface area contributed by atoms with Crippen LogP contribution in [-0.2, 0) is 24.4 Å². The lowest BCUT2D eigenvalue weighted by Gasteiger charge is -2.12. The van der Waals surface area contributed by atoms with Gasteiger partial charge in [0.15, 0.2) is 0 Å². The molecule has 0 aliphatic rings.